The lowest BCUT2D eigenvalue weighted by Gasteiger charge is -2.12. The number of benzene rings is 1. The average Bonchev–Trinajstić information content (AvgIpc) is 2.27. The molecule has 0 saturated carbocycles. The van der Waals surface area contributed by atoms with E-state index >= 15 is 0 Å². The highest BCUT2D eigenvalue weighted by Gasteiger charge is 2.09. The number of ether oxygens (including phenoxy) is 2. The molecule has 1 aromatic rings. The standard InChI is InChI=1S/C13H18FNO3/c1-9(2)18-13(16)8-17-12-4-3-11(14)7-10(12)5-6-15/h3-4,7,9H,5-6,8,15H2,1-2H3. The third-order valence-electron chi connectivity index (χ3n) is 2.15. The molecular formula is C13H18FNO3. The zero-order chi connectivity index (χ0) is 13.5. The van der Waals surface area contributed by atoms with Crippen LogP contribution in [0.15, 0.2) is 18.2 Å². The van der Waals surface area contributed by atoms with Gasteiger partial charge < -0.3 is 15.2 Å². The summed E-state index contributed by atoms with van der Waals surface area (Å²) in [5.74, 6) is -0.342. The number of carbonyl (C=O) groups excluding carboxylic acids is 1. The second kappa shape index (κ2) is 6.96. The minimum Gasteiger partial charge on any atom is -0.482 e. The molecule has 1 rings (SSSR count). The van der Waals surface area contributed by atoms with Crippen molar-refractivity contribution >= 4 is 5.97 Å². The zero-order valence-electron chi connectivity index (χ0n) is 10.6. The molecule has 18 heavy (non-hydrogen) atoms. The largest absolute Gasteiger partial charge is 0.482 e. The molecule has 0 aliphatic rings. The Morgan fingerprint density at radius 3 is 2.78 bits per heavy atom. The van der Waals surface area contributed by atoms with E-state index in [0.29, 0.717) is 24.3 Å². The topological polar surface area (TPSA) is 61.5 Å². The molecule has 0 aromatic heterocycles. The SMILES string of the molecule is CC(C)OC(=O)COc1ccc(F)cc1CCN. The quantitative estimate of drug-likeness (QED) is 0.785. The van der Waals surface area contributed by atoms with Crippen molar-refractivity contribution in [3.8, 4) is 5.75 Å². The molecule has 0 amide bonds. The van der Waals surface area contributed by atoms with Gasteiger partial charge in [-0.3, -0.25) is 0 Å². The number of nitrogens with two attached hydrogens (primary N) is 1. The Kier molecular flexibility index (Phi) is 5.58. The van der Waals surface area contributed by atoms with Crippen LogP contribution >= 0.6 is 0 Å². The van der Waals surface area contributed by atoms with Gasteiger partial charge in [0.15, 0.2) is 6.61 Å². The first-order valence-electron chi connectivity index (χ1n) is 5.83. The molecule has 0 radical (unpaired) electrons. The molecule has 0 aliphatic carbocycles. The Labute approximate surface area is 106 Å². The number of hydrogen-bond acceptors (Lipinski definition) is 4. The van der Waals surface area contributed by atoms with Crippen LogP contribution in [0.3, 0.4) is 0 Å². The van der Waals surface area contributed by atoms with Crippen LogP contribution in [0.5, 0.6) is 5.75 Å². The monoisotopic (exact) mass is 255 g/mol. The summed E-state index contributed by atoms with van der Waals surface area (Å²) in [6.45, 7) is 3.71. The van der Waals surface area contributed by atoms with Crippen molar-refractivity contribution in [1.29, 1.82) is 0 Å². The Morgan fingerprint density at radius 1 is 1.44 bits per heavy atom. The molecule has 0 saturated heterocycles. The lowest BCUT2D eigenvalue weighted by atomic mass is 10.1. The van der Waals surface area contributed by atoms with Crippen molar-refractivity contribution < 1.29 is 18.7 Å². The second-order valence-electron chi connectivity index (χ2n) is 4.12. The van der Waals surface area contributed by atoms with Gasteiger partial charge in [-0.25, -0.2) is 9.18 Å². The first-order chi connectivity index (χ1) is 8.52. The third-order valence-corrected chi connectivity index (χ3v) is 2.15. The van der Waals surface area contributed by atoms with E-state index in [0.717, 1.165) is 0 Å². The minimum atomic E-state index is -0.451. The summed E-state index contributed by atoms with van der Waals surface area (Å²) >= 11 is 0. The Balaban J connectivity index is 2.63. The first-order valence-corrected chi connectivity index (χ1v) is 5.83. The highest BCUT2D eigenvalue weighted by atomic mass is 19.1. The summed E-state index contributed by atoms with van der Waals surface area (Å²) < 4.78 is 23.3. The average molecular weight is 255 g/mol. The van der Waals surface area contributed by atoms with Crippen LogP contribution in [0, 0.1) is 5.82 Å². The fourth-order valence-corrected chi connectivity index (χ4v) is 1.47. The minimum absolute atomic E-state index is 0.183. The summed E-state index contributed by atoms with van der Waals surface area (Å²) in [4.78, 5) is 11.3. The first kappa shape index (κ1) is 14.4. The predicted molar refractivity (Wildman–Crippen MR) is 65.9 cm³/mol. The molecule has 0 aliphatic heterocycles. The van der Waals surface area contributed by atoms with Gasteiger partial charge in [-0.05, 0) is 50.6 Å². The van der Waals surface area contributed by atoms with Crippen molar-refractivity contribution in [3.05, 3.63) is 29.6 Å². The van der Waals surface area contributed by atoms with Crippen LogP contribution in [0.1, 0.15) is 19.4 Å². The van der Waals surface area contributed by atoms with E-state index < -0.39 is 5.97 Å². The molecule has 0 atom stereocenters. The fraction of sp³-hybridized carbons (Fsp3) is 0.462. The molecular weight excluding hydrogens is 237 g/mol. The molecule has 0 unspecified atom stereocenters. The zero-order valence-corrected chi connectivity index (χ0v) is 10.6. The second-order valence-corrected chi connectivity index (χ2v) is 4.12. The number of halogens is 1. The maximum Gasteiger partial charge on any atom is 0.344 e. The predicted octanol–water partition coefficient (Wildman–Crippen LogP) is 1.66. The van der Waals surface area contributed by atoms with Crippen molar-refractivity contribution in [2.24, 2.45) is 5.73 Å². The summed E-state index contributed by atoms with van der Waals surface area (Å²) in [5, 5.41) is 0. The highest BCUT2D eigenvalue weighted by Crippen LogP contribution is 2.20. The van der Waals surface area contributed by atoms with Crippen LogP contribution in [0.2, 0.25) is 0 Å². The van der Waals surface area contributed by atoms with Crippen LogP contribution in [0.25, 0.3) is 0 Å². The van der Waals surface area contributed by atoms with E-state index in [-0.39, 0.29) is 18.5 Å². The van der Waals surface area contributed by atoms with Gasteiger partial charge in [-0.2, -0.15) is 0 Å². The van der Waals surface area contributed by atoms with Crippen LogP contribution in [-0.2, 0) is 16.0 Å². The van der Waals surface area contributed by atoms with Crippen molar-refractivity contribution in [3.63, 3.8) is 0 Å². The van der Waals surface area contributed by atoms with E-state index in [1.807, 2.05) is 0 Å². The van der Waals surface area contributed by atoms with Crippen LogP contribution in [0.4, 0.5) is 4.39 Å². The molecule has 4 nitrogen and oxygen atoms in total. The van der Waals surface area contributed by atoms with Gasteiger partial charge in [-0.1, -0.05) is 0 Å². The van der Waals surface area contributed by atoms with Crippen molar-refractivity contribution in [2.45, 2.75) is 26.4 Å². The number of esters is 1. The van der Waals surface area contributed by atoms with E-state index in [9.17, 15) is 9.18 Å². The van der Waals surface area contributed by atoms with E-state index in [4.69, 9.17) is 15.2 Å². The van der Waals surface area contributed by atoms with Gasteiger partial charge in [0.1, 0.15) is 11.6 Å². The van der Waals surface area contributed by atoms with Crippen LogP contribution in [-0.4, -0.2) is 25.2 Å². The maximum atomic E-state index is 13.1. The molecule has 0 spiro atoms. The Hall–Kier alpha value is -1.62. The summed E-state index contributed by atoms with van der Waals surface area (Å²) in [7, 11) is 0. The number of rotatable bonds is 6. The molecule has 5 heteroatoms. The normalized spacial score (nSPS) is 10.5. The van der Waals surface area contributed by atoms with E-state index in [2.05, 4.69) is 0 Å². The molecule has 1 aromatic carbocycles. The molecule has 0 bridgehead atoms. The van der Waals surface area contributed by atoms with Gasteiger partial charge >= 0.3 is 5.97 Å². The molecule has 100 valence electrons. The molecule has 2 N–H and O–H groups in total. The van der Waals surface area contributed by atoms with Crippen molar-refractivity contribution in [1.82, 2.24) is 0 Å². The van der Waals surface area contributed by atoms with Crippen LogP contribution < -0.4 is 10.5 Å². The summed E-state index contributed by atoms with van der Waals surface area (Å²) in [5.41, 5.74) is 6.08. The molecule has 0 fully saturated rings. The van der Waals surface area contributed by atoms with Gasteiger partial charge in [0.2, 0.25) is 0 Å². The number of carbonyl (C=O) groups is 1. The highest BCUT2D eigenvalue weighted by molar-refractivity contribution is 5.71. The Bertz CT molecular complexity index is 407. The maximum absolute atomic E-state index is 13.1. The van der Waals surface area contributed by atoms with Crippen molar-refractivity contribution in [2.75, 3.05) is 13.2 Å². The smallest absolute Gasteiger partial charge is 0.344 e. The van der Waals surface area contributed by atoms with Gasteiger partial charge in [0, 0.05) is 0 Å². The molecule has 0 heterocycles. The lowest BCUT2D eigenvalue weighted by molar-refractivity contribution is -0.149. The summed E-state index contributed by atoms with van der Waals surface area (Å²) in [6.07, 6.45) is 0.310. The Morgan fingerprint density at radius 2 is 2.17 bits per heavy atom. The van der Waals surface area contributed by atoms with E-state index in [1.54, 1.807) is 13.8 Å². The summed E-state index contributed by atoms with van der Waals surface area (Å²) in [6, 6.07) is 4.13. The number of hydrogen-bond donors (Lipinski definition) is 1. The van der Waals surface area contributed by atoms with Gasteiger partial charge in [-0.15, -0.1) is 0 Å². The van der Waals surface area contributed by atoms with Gasteiger partial charge in [0.05, 0.1) is 6.10 Å². The fourth-order valence-electron chi connectivity index (χ4n) is 1.47. The lowest BCUT2D eigenvalue weighted by Crippen LogP contribution is -2.19. The van der Waals surface area contributed by atoms with Gasteiger partial charge in [0.25, 0.3) is 0 Å². The third kappa shape index (κ3) is 4.71. The van der Waals surface area contributed by atoms with E-state index in [1.165, 1.54) is 18.2 Å².